The second-order valence-electron chi connectivity index (χ2n) is 7.40. The second kappa shape index (κ2) is 9.06. The van der Waals surface area contributed by atoms with Crippen LogP contribution in [0.1, 0.15) is 50.8 Å². The Balaban J connectivity index is 1.66. The van der Waals surface area contributed by atoms with Gasteiger partial charge in [-0.15, -0.1) is 0 Å². The predicted octanol–water partition coefficient (Wildman–Crippen LogP) is 6.02. The molecule has 1 aromatic heterocycles. The minimum absolute atomic E-state index is 0.0688. The van der Waals surface area contributed by atoms with Crippen molar-refractivity contribution in [2.75, 3.05) is 13.7 Å². The van der Waals surface area contributed by atoms with E-state index < -0.39 is 0 Å². The lowest BCUT2D eigenvalue weighted by molar-refractivity contribution is -0.0320. The minimum atomic E-state index is -0.0688. The van der Waals surface area contributed by atoms with Crippen LogP contribution in [0.15, 0.2) is 40.9 Å². The lowest BCUT2D eigenvalue weighted by Crippen LogP contribution is -2.44. The quantitative estimate of drug-likeness (QED) is 0.473. The molecule has 1 fully saturated rings. The number of hydrogen-bond acceptors (Lipinski definition) is 5. The summed E-state index contributed by atoms with van der Waals surface area (Å²) in [4.78, 5) is 2.43. The molecule has 153 valence electrons. The van der Waals surface area contributed by atoms with Crippen LogP contribution in [0.3, 0.4) is 0 Å². The van der Waals surface area contributed by atoms with E-state index in [1.807, 2.05) is 30.3 Å². The van der Waals surface area contributed by atoms with E-state index in [9.17, 15) is 0 Å². The Hall–Kier alpha value is -2.24. The fourth-order valence-corrected chi connectivity index (χ4v) is 4.27. The molecule has 5 nitrogen and oxygen atoms in total. The van der Waals surface area contributed by atoms with E-state index in [-0.39, 0.29) is 12.3 Å². The van der Waals surface area contributed by atoms with Crippen molar-refractivity contribution < 1.29 is 14.0 Å². The summed E-state index contributed by atoms with van der Waals surface area (Å²) in [6, 6.07) is 14.5. The maximum Gasteiger partial charge on any atom is 0.168 e. The van der Waals surface area contributed by atoms with Crippen molar-refractivity contribution in [3.8, 4) is 11.5 Å². The Morgan fingerprint density at radius 2 is 2.21 bits per heavy atom. The van der Waals surface area contributed by atoms with E-state index in [1.54, 1.807) is 13.2 Å². The molecule has 4 rings (SSSR count). The van der Waals surface area contributed by atoms with Crippen molar-refractivity contribution in [3.05, 3.63) is 53.2 Å². The Bertz CT molecular complexity index is 958. The van der Waals surface area contributed by atoms with Gasteiger partial charge in [-0.1, -0.05) is 42.6 Å². The van der Waals surface area contributed by atoms with Crippen LogP contribution in [0.5, 0.6) is 11.5 Å². The summed E-state index contributed by atoms with van der Waals surface area (Å²) >= 11 is 6.12. The SMILES string of the molecule is CCCC(Oc1cc[c]cc1OC)N1CCCCC1c1noc2cc(Cl)ccc12. The van der Waals surface area contributed by atoms with E-state index >= 15 is 0 Å². The third-order valence-corrected chi connectivity index (χ3v) is 5.73. The van der Waals surface area contributed by atoms with E-state index in [2.05, 4.69) is 23.0 Å². The first-order valence-corrected chi connectivity index (χ1v) is 10.6. The summed E-state index contributed by atoms with van der Waals surface area (Å²) in [5.74, 6) is 1.44. The van der Waals surface area contributed by atoms with Crippen molar-refractivity contribution in [1.29, 1.82) is 0 Å². The smallest absolute Gasteiger partial charge is 0.168 e. The van der Waals surface area contributed by atoms with E-state index in [1.165, 1.54) is 0 Å². The van der Waals surface area contributed by atoms with E-state index in [0.29, 0.717) is 10.8 Å². The monoisotopic (exact) mass is 413 g/mol. The van der Waals surface area contributed by atoms with Gasteiger partial charge in [0.25, 0.3) is 0 Å². The molecule has 29 heavy (non-hydrogen) atoms. The Kier molecular flexibility index (Phi) is 6.26. The number of methoxy groups -OCH3 is 1. The predicted molar refractivity (Wildman–Crippen MR) is 113 cm³/mol. The van der Waals surface area contributed by atoms with Crippen LogP contribution in [0.25, 0.3) is 11.0 Å². The fraction of sp³-hybridized carbons (Fsp3) is 0.435. The van der Waals surface area contributed by atoms with Gasteiger partial charge >= 0.3 is 0 Å². The topological polar surface area (TPSA) is 47.7 Å². The average Bonchev–Trinajstić information content (AvgIpc) is 3.16. The third-order valence-electron chi connectivity index (χ3n) is 5.50. The fourth-order valence-electron chi connectivity index (χ4n) is 4.11. The van der Waals surface area contributed by atoms with E-state index in [0.717, 1.165) is 61.1 Å². The van der Waals surface area contributed by atoms with Gasteiger partial charge in [0, 0.05) is 23.0 Å². The standard InChI is InChI=1S/C23H26ClN2O3/c1-3-8-22(28-20-11-5-4-10-19(20)27-2)26-14-7-6-9-18(26)23-17-13-12-16(24)15-21(17)29-25-23/h5,10-13,15,18,22H,3,6-9,14H2,1-2H3. The zero-order valence-electron chi connectivity index (χ0n) is 16.9. The first-order chi connectivity index (χ1) is 14.2. The first kappa shape index (κ1) is 20.0. The van der Waals surface area contributed by atoms with Gasteiger partial charge in [0.05, 0.1) is 13.2 Å². The summed E-state index contributed by atoms with van der Waals surface area (Å²) in [5.41, 5.74) is 1.70. The van der Waals surface area contributed by atoms with Crippen LogP contribution >= 0.6 is 11.6 Å². The highest BCUT2D eigenvalue weighted by Gasteiger charge is 2.34. The van der Waals surface area contributed by atoms with Crippen LogP contribution in [-0.2, 0) is 0 Å². The minimum Gasteiger partial charge on any atom is -0.493 e. The van der Waals surface area contributed by atoms with Crippen LogP contribution < -0.4 is 9.47 Å². The maximum atomic E-state index is 6.48. The number of piperidine rings is 1. The summed E-state index contributed by atoms with van der Waals surface area (Å²) < 4.78 is 17.5. The van der Waals surface area contributed by atoms with Crippen molar-refractivity contribution in [3.63, 3.8) is 0 Å². The van der Waals surface area contributed by atoms with Crippen molar-refractivity contribution in [2.45, 2.75) is 51.3 Å². The first-order valence-electron chi connectivity index (χ1n) is 10.2. The highest BCUT2D eigenvalue weighted by Crippen LogP contribution is 2.38. The van der Waals surface area contributed by atoms with Crippen LogP contribution in [0.4, 0.5) is 0 Å². The van der Waals surface area contributed by atoms with Gasteiger partial charge in [-0.2, -0.15) is 0 Å². The number of ether oxygens (including phenoxy) is 2. The Morgan fingerprint density at radius 3 is 3.03 bits per heavy atom. The molecule has 2 atom stereocenters. The molecule has 0 saturated carbocycles. The molecule has 6 heteroatoms. The van der Waals surface area contributed by atoms with Crippen molar-refractivity contribution in [2.24, 2.45) is 0 Å². The average molecular weight is 414 g/mol. The van der Waals surface area contributed by atoms with Crippen molar-refractivity contribution in [1.82, 2.24) is 10.1 Å². The molecule has 0 N–H and O–H groups in total. The summed E-state index contributed by atoms with van der Waals surface area (Å²) in [6.07, 6.45) is 5.19. The summed E-state index contributed by atoms with van der Waals surface area (Å²) in [5, 5.41) is 6.11. The summed E-state index contributed by atoms with van der Waals surface area (Å²) in [6.45, 7) is 3.14. The summed E-state index contributed by atoms with van der Waals surface area (Å²) in [7, 11) is 1.65. The largest absolute Gasteiger partial charge is 0.493 e. The number of aromatic nitrogens is 1. The number of nitrogens with zero attached hydrogens (tertiary/aromatic N) is 2. The number of hydrogen-bond donors (Lipinski definition) is 0. The van der Waals surface area contributed by atoms with Gasteiger partial charge < -0.3 is 14.0 Å². The molecule has 0 spiro atoms. The van der Waals surface area contributed by atoms with Crippen LogP contribution in [0.2, 0.25) is 5.02 Å². The molecule has 1 aliphatic rings. The highest BCUT2D eigenvalue weighted by molar-refractivity contribution is 6.31. The highest BCUT2D eigenvalue weighted by atomic mass is 35.5. The van der Waals surface area contributed by atoms with Gasteiger partial charge in [0.1, 0.15) is 5.69 Å². The molecule has 0 bridgehead atoms. The molecule has 3 aromatic rings. The number of fused-ring (bicyclic) bond motifs is 1. The molecular weight excluding hydrogens is 388 g/mol. The number of halogens is 1. The normalized spacial score (nSPS) is 18.7. The van der Waals surface area contributed by atoms with Gasteiger partial charge in [0.2, 0.25) is 0 Å². The molecule has 0 amide bonds. The number of benzene rings is 2. The molecule has 2 unspecified atom stereocenters. The van der Waals surface area contributed by atoms with Gasteiger partial charge in [-0.3, -0.25) is 4.90 Å². The zero-order valence-corrected chi connectivity index (χ0v) is 17.6. The zero-order chi connectivity index (χ0) is 20.2. The van der Waals surface area contributed by atoms with E-state index in [4.69, 9.17) is 25.6 Å². The number of likely N-dealkylation sites (tertiary alicyclic amines) is 1. The molecule has 2 heterocycles. The molecule has 1 saturated heterocycles. The molecule has 1 radical (unpaired) electrons. The van der Waals surface area contributed by atoms with Crippen molar-refractivity contribution >= 4 is 22.6 Å². The molecule has 0 aliphatic carbocycles. The van der Waals surface area contributed by atoms with Gasteiger partial charge in [0.15, 0.2) is 23.3 Å². The molecule has 1 aliphatic heterocycles. The number of rotatable bonds is 7. The van der Waals surface area contributed by atoms with Gasteiger partial charge in [-0.05, 0) is 49.6 Å². The Labute approximate surface area is 176 Å². The molecule has 2 aromatic carbocycles. The van der Waals surface area contributed by atoms with Crippen LogP contribution in [-0.4, -0.2) is 29.9 Å². The maximum absolute atomic E-state index is 6.48. The Morgan fingerprint density at radius 1 is 1.31 bits per heavy atom. The molecular formula is C23H26ClN2O3. The lowest BCUT2D eigenvalue weighted by atomic mass is 9.96. The lowest BCUT2D eigenvalue weighted by Gasteiger charge is -2.40. The third kappa shape index (κ3) is 4.21. The van der Waals surface area contributed by atoms with Gasteiger partial charge in [-0.25, -0.2) is 0 Å². The van der Waals surface area contributed by atoms with Crippen LogP contribution in [0, 0.1) is 6.07 Å². The second-order valence-corrected chi connectivity index (χ2v) is 7.83.